The molecule has 0 amide bonds. The van der Waals surface area contributed by atoms with E-state index in [-0.39, 0.29) is 24.5 Å². The second kappa shape index (κ2) is 6.36. The van der Waals surface area contributed by atoms with E-state index >= 15 is 0 Å². The smallest absolute Gasteiger partial charge is 0.330 e. The average molecular weight is 310 g/mol. The van der Waals surface area contributed by atoms with E-state index in [4.69, 9.17) is 9.84 Å². The van der Waals surface area contributed by atoms with Crippen molar-refractivity contribution in [1.29, 1.82) is 0 Å². The Morgan fingerprint density at radius 2 is 2.00 bits per heavy atom. The van der Waals surface area contributed by atoms with Crippen molar-refractivity contribution in [3.63, 3.8) is 0 Å². The fourth-order valence-electron chi connectivity index (χ4n) is 3.47. The van der Waals surface area contributed by atoms with Crippen molar-refractivity contribution >= 4 is 0 Å². The van der Waals surface area contributed by atoms with Gasteiger partial charge in [-0.1, -0.05) is 19.3 Å². The van der Waals surface area contributed by atoms with Gasteiger partial charge in [-0.05, 0) is 18.8 Å². The van der Waals surface area contributed by atoms with E-state index in [1.807, 2.05) is 0 Å². The molecule has 7 heteroatoms. The van der Waals surface area contributed by atoms with Crippen LogP contribution in [0.3, 0.4) is 0 Å². The molecule has 2 fully saturated rings. The lowest BCUT2D eigenvalue weighted by Crippen LogP contribution is -2.35. The number of H-pyrrole nitrogens is 1. The molecule has 1 aromatic heterocycles. The molecule has 2 heterocycles. The SMILES string of the molecule is O=c1[nH]c(=O)n([C@H]2C[C@H](O)[C@@H](CO)O2)cc1C1CCCCC1. The predicted molar refractivity (Wildman–Crippen MR) is 78.8 cm³/mol. The van der Waals surface area contributed by atoms with E-state index < -0.39 is 24.1 Å². The second-order valence-corrected chi connectivity index (χ2v) is 6.20. The van der Waals surface area contributed by atoms with Gasteiger partial charge in [0.05, 0.1) is 12.7 Å². The first-order chi connectivity index (χ1) is 10.6. The largest absolute Gasteiger partial charge is 0.394 e. The summed E-state index contributed by atoms with van der Waals surface area (Å²) >= 11 is 0. The van der Waals surface area contributed by atoms with Crippen LogP contribution in [-0.4, -0.2) is 38.6 Å². The van der Waals surface area contributed by atoms with E-state index in [2.05, 4.69) is 4.98 Å². The van der Waals surface area contributed by atoms with Gasteiger partial charge in [0.25, 0.3) is 5.56 Å². The summed E-state index contributed by atoms with van der Waals surface area (Å²) in [6.07, 6.45) is 4.92. The first-order valence-electron chi connectivity index (χ1n) is 7.90. The number of aromatic nitrogens is 2. The van der Waals surface area contributed by atoms with Crippen LogP contribution in [0.2, 0.25) is 0 Å². The predicted octanol–water partition coefficient (Wildman–Crippen LogP) is 0.225. The van der Waals surface area contributed by atoms with Crippen molar-refractivity contribution in [3.8, 4) is 0 Å². The van der Waals surface area contributed by atoms with Crippen LogP contribution in [-0.2, 0) is 4.74 Å². The Morgan fingerprint density at radius 1 is 1.27 bits per heavy atom. The molecule has 1 saturated heterocycles. The topological polar surface area (TPSA) is 105 Å². The van der Waals surface area contributed by atoms with Gasteiger partial charge in [0.2, 0.25) is 0 Å². The number of aromatic amines is 1. The lowest BCUT2D eigenvalue weighted by molar-refractivity contribution is -0.0460. The number of aliphatic hydroxyl groups excluding tert-OH is 2. The van der Waals surface area contributed by atoms with Crippen LogP contribution < -0.4 is 11.2 Å². The molecule has 122 valence electrons. The van der Waals surface area contributed by atoms with Crippen LogP contribution in [0.15, 0.2) is 15.8 Å². The Labute approximate surface area is 127 Å². The normalized spacial score (nSPS) is 29.8. The van der Waals surface area contributed by atoms with Gasteiger partial charge < -0.3 is 14.9 Å². The van der Waals surface area contributed by atoms with Gasteiger partial charge in [0.15, 0.2) is 0 Å². The minimum Gasteiger partial charge on any atom is -0.394 e. The number of aliphatic hydroxyl groups is 2. The van der Waals surface area contributed by atoms with Crippen LogP contribution in [0.1, 0.15) is 56.2 Å². The highest BCUT2D eigenvalue weighted by Gasteiger charge is 2.35. The number of ether oxygens (including phenoxy) is 1. The summed E-state index contributed by atoms with van der Waals surface area (Å²) in [5.74, 6) is 0.171. The van der Waals surface area contributed by atoms with Crippen LogP contribution in [0.4, 0.5) is 0 Å². The fraction of sp³-hybridized carbons (Fsp3) is 0.733. The first kappa shape index (κ1) is 15.5. The summed E-state index contributed by atoms with van der Waals surface area (Å²) in [5.41, 5.74) is -0.254. The molecule has 1 aromatic rings. The number of hydrogen-bond acceptors (Lipinski definition) is 5. The summed E-state index contributed by atoms with van der Waals surface area (Å²) in [5, 5.41) is 19.0. The lowest BCUT2D eigenvalue weighted by atomic mass is 9.85. The van der Waals surface area contributed by atoms with Gasteiger partial charge in [0.1, 0.15) is 12.3 Å². The second-order valence-electron chi connectivity index (χ2n) is 6.20. The molecule has 1 saturated carbocycles. The van der Waals surface area contributed by atoms with Crippen LogP contribution >= 0.6 is 0 Å². The van der Waals surface area contributed by atoms with E-state index in [9.17, 15) is 14.7 Å². The van der Waals surface area contributed by atoms with Crippen molar-refractivity contribution in [2.45, 2.75) is 62.9 Å². The molecule has 3 N–H and O–H groups in total. The molecule has 0 unspecified atom stereocenters. The Balaban J connectivity index is 1.91. The Hall–Kier alpha value is -1.44. The molecule has 0 radical (unpaired) electrons. The monoisotopic (exact) mass is 310 g/mol. The van der Waals surface area contributed by atoms with Crippen LogP contribution in [0, 0.1) is 0 Å². The van der Waals surface area contributed by atoms with Crippen molar-refractivity contribution in [1.82, 2.24) is 9.55 Å². The van der Waals surface area contributed by atoms with Gasteiger partial charge in [0, 0.05) is 18.2 Å². The van der Waals surface area contributed by atoms with Gasteiger partial charge in [-0.15, -0.1) is 0 Å². The van der Waals surface area contributed by atoms with E-state index in [1.54, 1.807) is 6.20 Å². The lowest BCUT2D eigenvalue weighted by Gasteiger charge is -2.22. The van der Waals surface area contributed by atoms with Crippen molar-refractivity contribution in [3.05, 3.63) is 32.6 Å². The molecule has 0 spiro atoms. The summed E-state index contributed by atoms with van der Waals surface area (Å²) in [6.45, 7) is -0.300. The zero-order chi connectivity index (χ0) is 15.7. The number of nitrogens with one attached hydrogen (secondary N) is 1. The first-order valence-corrected chi connectivity index (χ1v) is 7.90. The van der Waals surface area contributed by atoms with Crippen LogP contribution in [0.25, 0.3) is 0 Å². The molecule has 1 aliphatic carbocycles. The third-order valence-corrected chi connectivity index (χ3v) is 4.73. The highest BCUT2D eigenvalue weighted by molar-refractivity contribution is 5.12. The zero-order valence-corrected chi connectivity index (χ0v) is 12.4. The maximum absolute atomic E-state index is 12.1. The average Bonchev–Trinajstić information content (AvgIpc) is 2.89. The van der Waals surface area contributed by atoms with E-state index in [0.717, 1.165) is 25.7 Å². The molecule has 3 atom stereocenters. The molecule has 0 aromatic carbocycles. The van der Waals surface area contributed by atoms with Gasteiger partial charge in [-0.3, -0.25) is 14.3 Å². The molecule has 3 rings (SSSR count). The molecular formula is C15H22N2O5. The third kappa shape index (κ3) is 2.88. The van der Waals surface area contributed by atoms with Crippen molar-refractivity contribution < 1.29 is 14.9 Å². The zero-order valence-electron chi connectivity index (χ0n) is 12.4. The summed E-state index contributed by atoms with van der Waals surface area (Å²) < 4.78 is 6.85. The summed E-state index contributed by atoms with van der Waals surface area (Å²) in [7, 11) is 0. The maximum atomic E-state index is 12.1. The Morgan fingerprint density at radius 3 is 2.64 bits per heavy atom. The number of hydrogen-bond donors (Lipinski definition) is 3. The molecule has 0 bridgehead atoms. The molecule has 2 aliphatic rings. The Kier molecular flexibility index (Phi) is 4.46. The third-order valence-electron chi connectivity index (χ3n) is 4.73. The maximum Gasteiger partial charge on any atom is 0.330 e. The van der Waals surface area contributed by atoms with Crippen LogP contribution in [0.5, 0.6) is 0 Å². The molecular weight excluding hydrogens is 288 g/mol. The standard InChI is InChI=1S/C15H22N2O5/c18-8-12-11(19)6-13(22-12)17-7-10(14(20)16-15(17)21)9-4-2-1-3-5-9/h7,9,11-13,18-19H,1-6,8H2,(H,16,20,21)/t11-,12+,13+/m0/s1. The quantitative estimate of drug-likeness (QED) is 0.741. The molecule has 1 aliphatic heterocycles. The van der Waals surface area contributed by atoms with Gasteiger partial charge in [-0.2, -0.15) is 0 Å². The number of rotatable bonds is 3. The van der Waals surface area contributed by atoms with E-state index in [1.165, 1.54) is 11.0 Å². The minimum atomic E-state index is -0.813. The fourth-order valence-corrected chi connectivity index (χ4v) is 3.47. The Bertz CT molecular complexity index is 632. The van der Waals surface area contributed by atoms with Gasteiger partial charge in [-0.25, -0.2) is 4.79 Å². The number of nitrogens with zero attached hydrogens (tertiary/aromatic N) is 1. The highest BCUT2D eigenvalue weighted by Crippen LogP contribution is 2.32. The highest BCUT2D eigenvalue weighted by atomic mass is 16.5. The molecule has 7 nitrogen and oxygen atoms in total. The van der Waals surface area contributed by atoms with Gasteiger partial charge >= 0.3 is 5.69 Å². The molecule has 22 heavy (non-hydrogen) atoms. The minimum absolute atomic E-state index is 0.171. The van der Waals surface area contributed by atoms with E-state index in [0.29, 0.717) is 5.56 Å². The summed E-state index contributed by atoms with van der Waals surface area (Å²) in [4.78, 5) is 26.5. The summed E-state index contributed by atoms with van der Waals surface area (Å²) in [6, 6.07) is 0. The van der Waals surface area contributed by atoms with Crippen molar-refractivity contribution in [2.75, 3.05) is 6.61 Å². The van der Waals surface area contributed by atoms with Crippen molar-refractivity contribution in [2.24, 2.45) is 0 Å².